The van der Waals surface area contributed by atoms with Gasteiger partial charge >= 0.3 is 0 Å². The van der Waals surface area contributed by atoms with Crippen LogP contribution in [0.5, 0.6) is 0 Å². The van der Waals surface area contributed by atoms with E-state index in [2.05, 4.69) is 20.8 Å². The first kappa shape index (κ1) is 10.9. The van der Waals surface area contributed by atoms with Crippen LogP contribution in [-0.2, 0) is 4.74 Å². The molecule has 0 N–H and O–H groups in total. The molecule has 1 heterocycles. The molecule has 1 aliphatic heterocycles. The molecule has 0 spiro atoms. The minimum atomic E-state index is 0.523. The molecule has 0 amide bonds. The van der Waals surface area contributed by atoms with Gasteiger partial charge in [0.2, 0.25) is 0 Å². The van der Waals surface area contributed by atoms with Crippen molar-refractivity contribution >= 4 is 15.9 Å². The van der Waals surface area contributed by atoms with Gasteiger partial charge in [0.15, 0.2) is 0 Å². The fraction of sp³-hybridized carbons (Fsp3) is 1.00. The lowest BCUT2D eigenvalue weighted by Crippen LogP contribution is -2.45. The number of hydrogen-bond donors (Lipinski definition) is 0. The highest BCUT2D eigenvalue weighted by Gasteiger charge is 2.27. The molecule has 2 rings (SSSR count). The lowest BCUT2D eigenvalue weighted by molar-refractivity contribution is 0.0420. The number of rotatable bonds is 5. The molecule has 1 aliphatic carbocycles. The molecule has 3 heteroatoms. The van der Waals surface area contributed by atoms with Crippen LogP contribution >= 0.6 is 15.9 Å². The van der Waals surface area contributed by atoms with Crippen LogP contribution in [-0.4, -0.2) is 42.1 Å². The van der Waals surface area contributed by atoms with Crippen molar-refractivity contribution in [3.8, 4) is 0 Å². The van der Waals surface area contributed by atoms with Gasteiger partial charge in [-0.2, -0.15) is 0 Å². The molecule has 1 unspecified atom stereocenters. The van der Waals surface area contributed by atoms with Gasteiger partial charge in [-0.15, -0.1) is 0 Å². The zero-order chi connectivity index (χ0) is 9.80. The zero-order valence-corrected chi connectivity index (χ0v) is 10.3. The largest absolute Gasteiger partial charge is 0.377 e. The van der Waals surface area contributed by atoms with Crippen LogP contribution in [0.15, 0.2) is 0 Å². The number of alkyl halides is 1. The Morgan fingerprint density at radius 2 is 2.07 bits per heavy atom. The first-order valence-electron chi connectivity index (χ1n) is 5.82. The number of ether oxygens (including phenoxy) is 1. The van der Waals surface area contributed by atoms with Gasteiger partial charge in [-0.05, 0) is 25.7 Å². The van der Waals surface area contributed by atoms with Gasteiger partial charge < -0.3 is 4.74 Å². The summed E-state index contributed by atoms with van der Waals surface area (Å²) in [6.45, 7) is 3.33. The fourth-order valence-electron chi connectivity index (χ4n) is 2.33. The van der Waals surface area contributed by atoms with Crippen molar-refractivity contribution in [2.24, 2.45) is 0 Å². The van der Waals surface area contributed by atoms with Crippen molar-refractivity contribution in [2.45, 2.75) is 44.2 Å². The average molecular weight is 262 g/mol. The summed E-state index contributed by atoms with van der Waals surface area (Å²) in [5.74, 6) is 0. The van der Waals surface area contributed by atoms with Gasteiger partial charge in [0.1, 0.15) is 0 Å². The Morgan fingerprint density at radius 1 is 1.21 bits per heavy atom. The topological polar surface area (TPSA) is 12.5 Å². The van der Waals surface area contributed by atoms with Crippen molar-refractivity contribution in [2.75, 3.05) is 25.0 Å². The second kappa shape index (κ2) is 5.47. The van der Waals surface area contributed by atoms with E-state index in [9.17, 15) is 0 Å². The minimum absolute atomic E-state index is 0.523. The summed E-state index contributed by atoms with van der Waals surface area (Å²) in [4.78, 5) is 2.62. The Morgan fingerprint density at radius 3 is 2.57 bits per heavy atom. The van der Waals surface area contributed by atoms with Crippen LogP contribution in [0.1, 0.15) is 32.1 Å². The molecule has 0 bridgehead atoms. The lowest BCUT2D eigenvalue weighted by Gasteiger charge is -2.38. The molecular weight excluding hydrogens is 242 g/mol. The fourth-order valence-corrected chi connectivity index (χ4v) is 2.79. The molecule has 0 aromatic rings. The highest BCUT2D eigenvalue weighted by molar-refractivity contribution is 9.09. The van der Waals surface area contributed by atoms with Crippen LogP contribution in [0.25, 0.3) is 0 Å². The van der Waals surface area contributed by atoms with E-state index in [-0.39, 0.29) is 0 Å². The molecular formula is C11H20BrNO. The molecule has 0 aromatic carbocycles. The normalized spacial score (nSPS) is 28.3. The maximum Gasteiger partial charge on any atom is 0.0702 e. The Bertz CT molecular complexity index is 167. The molecule has 2 fully saturated rings. The maximum atomic E-state index is 5.69. The molecule has 1 saturated carbocycles. The molecule has 2 aliphatic rings. The van der Waals surface area contributed by atoms with E-state index < -0.39 is 0 Å². The summed E-state index contributed by atoms with van der Waals surface area (Å²) in [5, 5.41) is 1.09. The average Bonchev–Trinajstić information content (AvgIpc) is 2.54. The van der Waals surface area contributed by atoms with Crippen molar-refractivity contribution in [1.82, 2.24) is 4.90 Å². The smallest absolute Gasteiger partial charge is 0.0702 e. The molecule has 0 radical (unpaired) electrons. The van der Waals surface area contributed by atoms with Gasteiger partial charge in [0, 0.05) is 31.1 Å². The van der Waals surface area contributed by atoms with Crippen molar-refractivity contribution < 1.29 is 4.74 Å². The molecule has 0 aromatic heterocycles. The van der Waals surface area contributed by atoms with Crippen molar-refractivity contribution in [3.05, 3.63) is 0 Å². The van der Waals surface area contributed by atoms with Gasteiger partial charge in [0.05, 0.1) is 6.10 Å². The Labute approximate surface area is 95.1 Å². The van der Waals surface area contributed by atoms with Crippen LogP contribution < -0.4 is 0 Å². The Balaban J connectivity index is 1.76. The summed E-state index contributed by atoms with van der Waals surface area (Å²) >= 11 is 3.54. The van der Waals surface area contributed by atoms with E-state index in [0.29, 0.717) is 6.10 Å². The van der Waals surface area contributed by atoms with E-state index in [1.165, 1.54) is 38.6 Å². The van der Waals surface area contributed by atoms with Gasteiger partial charge in [0.25, 0.3) is 0 Å². The predicted molar refractivity (Wildman–Crippen MR) is 62.0 cm³/mol. The second-order valence-corrected chi connectivity index (χ2v) is 5.20. The third-order valence-corrected chi connectivity index (χ3v) is 3.78. The standard InChI is InChI=1S/C11H20BrNO/c12-6-7-13(10-3-1-4-10)9-11-5-2-8-14-11/h10-11H,1-9H2. The monoisotopic (exact) mass is 261 g/mol. The number of halogens is 1. The predicted octanol–water partition coefficient (Wildman–Crippen LogP) is 2.41. The zero-order valence-electron chi connectivity index (χ0n) is 8.75. The van der Waals surface area contributed by atoms with Crippen LogP contribution in [0.4, 0.5) is 0 Å². The summed E-state index contributed by atoms with van der Waals surface area (Å²) in [5.41, 5.74) is 0. The molecule has 14 heavy (non-hydrogen) atoms. The third kappa shape index (κ3) is 2.71. The third-order valence-electron chi connectivity index (χ3n) is 3.42. The molecule has 1 atom stereocenters. The van der Waals surface area contributed by atoms with Crippen molar-refractivity contribution in [1.29, 1.82) is 0 Å². The second-order valence-electron chi connectivity index (χ2n) is 4.40. The van der Waals surface area contributed by atoms with Gasteiger partial charge in [-0.1, -0.05) is 22.4 Å². The lowest BCUT2D eigenvalue weighted by atomic mass is 9.91. The molecule has 2 nitrogen and oxygen atoms in total. The maximum absolute atomic E-state index is 5.69. The van der Waals surface area contributed by atoms with Crippen LogP contribution in [0.2, 0.25) is 0 Å². The van der Waals surface area contributed by atoms with E-state index in [4.69, 9.17) is 4.74 Å². The van der Waals surface area contributed by atoms with E-state index in [0.717, 1.165) is 24.5 Å². The summed E-state index contributed by atoms with van der Waals surface area (Å²) in [7, 11) is 0. The Hall–Kier alpha value is 0.400. The van der Waals surface area contributed by atoms with Crippen molar-refractivity contribution in [3.63, 3.8) is 0 Å². The number of hydrogen-bond acceptors (Lipinski definition) is 2. The Kier molecular flexibility index (Phi) is 4.26. The highest BCUT2D eigenvalue weighted by Crippen LogP contribution is 2.26. The SMILES string of the molecule is BrCCN(CC1CCCO1)C1CCC1. The summed E-state index contributed by atoms with van der Waals surface area (Å²) < 4.78 is 5.69. The van der Waals surface area contributed by atoms with E-state index >= 15 is 0 Å². The molecule has 82 valence electrons. The number of nitrogens with zero attached hydrogens (tertiary/aromatic N) is 1. The molecule has 1 saturated heterocycles. The van der Waals surface area contributed by atoms with Gasteiger partial charge in [-0.25, -0.2) is 0 Å². The first-order chi connectivity index (χ1) is 6.90. The first-order valence-corrected chi connectivity index (χ1v) is 6.94. The van der Waals surface area contributed by atoms with E-state index in [1.807, 2.05) is 0 Å². The van der Waals surface area contributed by atoms with Crippen LogP contribution in [0.3, 0.4) is 0 Å². The highest BCUT2D eigenvalue weighted by atomic mass is 79.9. The van der Waals surface area contributed by atoms with Gasteiger partial charge in [-0.3, -0.25) is 4.90 Å². The summed E-state index contributed by atoms with van der Waals surface area (Å²) in [6, 6.07) is 0.858. The van der Waals surface area contributed by atoms with E-state index in [1.54, 1.807) is 0 Å². The summed E-state index contributed by atoms with van der Waals surface area (Å²) in [6.07, 6.45) is 7.28. The quantitative estimate of drug-likeness (QED) is 0.705. The van der Waals surface area contributed by atoms with Crippen LogP contribution in [0, 0.1) is 0 Å². The minimum Gasteiger partial charge on any atom is -0.377 e.